The van der Waals surface area contributed by atoms with Gasteiger partial charge in [0.25, 0.3) is 5.56 Å². The largest absolute Gasteiger partial charge is 0.325 e. The van der Waals surface area contributed by atoms with Gasteiger partial charge in [-0.2, -0.15) is 4.98 Å². The molecule has 27 heavy (non-hydrogen) atoms. The van der Waals surface area contributed by atoms with Crippen molar-refractivity contribution in [2.75, 3.05) is 0 Å². The Morgan fingerprint density at radius 1 is 0.815 bits per heavy atom. The van der Waals surface area contributed by atoms with Gasteiger partial charge in [0.1, 0.15) is 5.82 Å². The van der Waals surface area contributed by atoms with Crippen molar-refractivity contribution in [2.45, 2.75) is 13.0 Å². The number of rotatable bonds is 2. The summed E-state index contributed by atoms with van der Waals surface area (Å²) in [5.41, 5.74) is 5.47. The molecule has 0 radical (unpaired) electrons. The van der Waals surface area contributed by atoms with Crippen LogP contribution in [0, 0.1) is 0 Å². The molecule has 0 saturated heterocycles. The van der Waals surface area contributed by atoms with Crippen molar-refractivity contribution >= 4 is 22.6 Å². The Kier molecular flexibility index (Phi) is 3.72. The second-order valence-corrected chi connectivity index (χ2v) is 6.82. The van der Waals surface area contributed by atoms with Crippen molar-refractivity contribution in [1.82, 2.24) is 9.55 Å². The normalized spacial score (nSPS) is 14.6. The van der Waals surface area contributed by atoms with Crippen molar-refractivity contribution in [3.8, 4) is 11.1 Å². The van der Waals surface area contributed by atoms with Crippen LogP contribution in [0.3, 0.4) is 0 Å². The van der Waals surface area contributed by atoms with E-state index < -0.39 is 0 Å². The fourth-order valence-corrected chi connectivity index (χ4v) is 3.78. The first-order chi connectivity index (χ1) is 13.3. The van der Waals surface area contributed by atoms with Crippen LogP contribution >= 0.6 is 0 Å². The van der Waals surface area contributed by atoms with E-state index in [0.717, 1.165) is 35.4 Å². The third kappa shape index (κ3) is 2.77. The Hall–Kier alpha value is -3.46. The molecule has 5 rings (SSSR count). The first-order valence-electron chi connectivity index (χ1n) is 9.16. The molecule has 1 aromatic heterocycles. The molecule has 3 heteroatoms. The van der Waals surface area contributed by atoms with Crippen molar-refractivity contribution in [3.63, 3.8) is 0 Å². The predicted molar refractivity (Wildman–Crippen MR) is 110 cm³/mol. The molecule has 3 nitrogen and oxygen atoms in total. The fourth-order valence-electron chi connectivity index (χ4n) is 3.78. The summed E-state index contributed by atoms with van der Waals surface area (Å²) in [4.78, 5) is 16.8. The summed E-state index contributed by atoms with van der Waals surface area (Å²) in [6.07, 6.45) is 3.04. The predicted octanol–water partition coefficient (Wildman–Crippen LogP) is 5.01. The van der Waals surface area contributed by atoms with Crippen LogP contribution in [-0.4, -0.2) is 9.55 Å². The maximum absolute atomic E-state index is 12.4. The lowest BCUT2D eigenvalue weighted by Gasteiger charge is -2.07. The van der Waals surface area contributed by atoms with Gasteiger partial charge >= 0.3 is 0 Å². The summed E-state index contributed by atoms with van der Waals surface area (Å²) >= 11 is 0. The van der Waals surface area contributed by atoms with Gasteiger partial charge in [0, 0.05) is 6.54 Å². The van der Waals surface area contributed by atoms with E-state index in [1.165, 1.54) is 11.1 Å². The fraction of sp³-hybridized carbons (Fsp3) is 0.0833. The molecule has 0 atom stereocenters. The topological polar surface area (TPSA) is 34.9 Å². The Balaban J connectivity index is 1.54. The molecular weight excluding hydrogens is 332 g/mol. The highest BCUT2D eigenvalue weighted by Gasteiger charge is 2.20. The lowest BCUT2D eigenvalue weighted by Crippen LogP contribution is -2.14. The summed E-state index contributed by atoms with van der Waals surface area (Å²) in [5.74, 6) is 0.797. The number of para-hydroxylation sites is 1. The summed E-state index contributed by atoms with van der Waals surface area (Å²) in [7, 11) is 0. The monoisotopic (exact) mass is 350 g/mol. The third-order valence-electron chi connectivity index (χ3n) is 5.14. The van der Waals surface area contributed by atoms with Crippen LogP contribution in [0.25, 0.3) is 33.7 Å². The smallest absolute Gasteiger partial charge is 0.281 e. The van der Waals surface area contributed by atoms with Crippen molar-refractivity contribution in [1.29, 1.82) is 0 Å². The molecule has 0 amide bonds. The second kappa shape index (κ2) is 6.36. The first-order valence-corrected chi connectivity index (χ1v) is 9.16. The SMILES string of the molecule is O=c1nc2n(c3ccccc13)CC/C2=C/c1ccc(-c2ccccc2)cc1. The van der Waals surface area contributed by atoms with E-state index in [-0.39, 0.29) is 5.56 Å². The number of aryl methyl sites for hydroxylation is 1. The molecule has 0 spiro atoms. The van der Waals surface area contributed by atoms with Crippen molar-refractivity contribution in [2.24, 2.45) is 0 Å². The van der Waals surface area contributed by atoms with Gasteiger partial charge in [0.15, 0.2) is 0 Å². The molecule has 3 aromatic carbocycles. The highest BCUT2D eigenvalue weighted by atomic mass is 16.1. The van der Waals surface area contributed by atoms with Crippen LogP contribution in [0.2, 0.25) is 0 Å². The third-order valence-corrected chi connectivity index (χ3v) is 5.14. The standard InChI is InChI=1S/C24H18N2O/c27-24-21-8-4-5-9-22(21)26-15-14-20(23(26)25-24)16-17-10-12-19(13-11-17)18-6-2-1-3-7-18/h1-13,16H,14-15H2/b20-16-. The Bertz CT molecular complexity index is 1220. The first kappa shape index (κ1) is 15.8. The van der Waals surface area contributed by atoms with Gasteiger partial charge < -0.3 is 4.57 Å². The number of nitrogens with zero attached hydrogens (tertiary/aromatic N) is 2. The van der Waals surface area contributed by atoms with Crippen LogP contribution in [0.15, 0.2) is 83.7 Å². The summed E-state index contributed by atoms with van der Waals surface area (Å²) < 4.78 is 2.15. The van der Waals surface area contributed by atoms with Crippen molar-refractivity contribution < 1.29 is 0 Å². The molecule has 0 bridgehead atoms. The minimum atomic E-state index is -0.149. The molecule has 130 valence electrons. The van der Waals surface area contributed by atoms with Crippen LogP contribution < -0.4 is 5.56 Å². The molecule has 0 saturated carbocycles. The highest BCUT2D eigenvalue weighted by Crippen LogP contribution is 2.30. The minimum absolute atomic E-state index is 0.149. The number of hydrogen-bond donors (Lipinski definition) is 0. The van der Waals surface area contributed by atoms with E-state index in [4.69, 9.17) is 0 Å². The molecule has 1 aliphatic heterocycles. The number of allylic oxidation sites excluding steroid dienone is 1. The molecule has 0 unspecified atom stereocenters. The molecule has 1 aliphatic rings. The molecule has 2 heterocycles. The van der Waals surface area contributed by atoms with E-state index in [9.17, 15) is 4.79 Å². The Labute approximate surface area is 157 Å². The zero-order chi connectivity index (χ0) is 18.2. The summed E-state index contributed by atoms with van der Waals surface area (Å²) in [6.45, 7) is 0.858. The number of benzene rings is 3. The lowest BCUT2D eigenvalue weighted by molar-refractivity contribution is 0.772. The highest BCUT2D eigenvalue weighted by molar-refractivity contribution is 5.86. The zero-order valence-electron chi connectivity index (χ0n) is 14.8. The van der Waals surface area contributed by atoms with E-state index in [0.29, 0.717) is 5.39 Å². The van der Waals surface area contributed by atoms with E-state index in [1.54, 1.807) is 0 Å². The molecule has 0 N–H and O–H groups in total. The van der Waals surface area contributed by atoms with Crippen LogP contribution in [0.4, 0.5) is 0 Å². The van der Waals surface area contributed by atoms with Gasteiger partial charge in [-0.25, -0.2) is 0 Å². The van der Waals surface area contributed by atoms with E-state index in [1.807, 2.05) is 30.3 Å². The molecule has 0 fully saturated rings. The molecule has 0 aliphatic carbocycles. The van der Waals surface area contributed by atoms with Gasteiger partial charge in [-0.15, -0.1) is 0 Å². The maximum Gasteiger partial charge on any atom is 0.281 e. The van der Waals surface area contributed by atoms with Crippen LogP contribution in [-0.2, 0) is 6.54 Å². The summed E-state index contributed by atoms with van der Waals surface area (Å²) in [5, 5.41) is 0.690. The lowest BCUT2D eigenvalue weighted by atomic mass is 10.0. The Morgan fingerprint density at radius 2 is 1.52 bits per heavy atom. The quantitative estimate of drug-likeness (QED) is 0.509. The van der Waals surface area contributed by atoms with Gasteiger partial charge in [-0.3, -0.25) is 4.79 Å². The van der Waals surface area contributed by atoms with Gasteiger partial charge in [0.2, 0.25) is 0 Å². The number of fused-ring (bicyclic) bond motifs is 3. The zero-order valence-corrected chi connectivity index (χ0v) is 14.8. The minimum Gasteiger partial charge on any atom is -0.325 e. The van der Waals surface area contributed by atoms with Gasteiger partial charge in [-0.05, 0) is 46.9 Å². The summed E-state index contributed by atoms with van der Waals surface area (Å²) in [6, 6.07) is 26.6. The molecule has 4 aromatic rings. The second-order valence-electron chi connectivity index (χ2n) is 6.82. The van der Waals surface area contributed by atoms with Crippen LogP contribution in [0.1, 0.15) is 17.8 Å². The van der Waals surface area contributed by atoms with Crippen LogP contribution in [0.5, 0.6) is 0 Å². The van der Waals surface area contributed by atoms with Gasteiger partial charge in [0.05, 0.1) is 10.9 Å². The Morgan fingerprint density at radius 3 is 2.33 bits per heavy atom. The average Bonchev–Trinajstić information content (AvgIpc) is 3.12. The maximum atomic E-state index is 12.4. The van der Waals surface area contributed by atoms with Gasteiger partial charge in [-0.1, -0.05) is 66.7 Å². The average molecular weight is 350 g/mol. The number of aromatic nitrogens is 2. The van der Waals surface area contributed by atoms with Crippen molar-refractivity contribution in [3.05, 3.63) is 101 Å². The van der Waals surface area contributed by atoms with E-state index >= 15 is 0 Å². The molecular formula is C24H18N2O. The number of hydrogen-bond acceptors (Lipinski definition) is 2. The van der Waals surface area contributed by atoms with E-state index in [2.05, 4.69) is 64.2 Å².